The Kier molecular flexibility index (Phi) is 6.66. The van der Waals surface area contributed by atoms with E-state index in [1.54, 1.807) is 4.90 Å². The fraction of sp³-hybridized carbons (Fsp3) is 0.444. The van der Waals surface area contributed by atoms with Gasteiger partial charge in [0.1, 0.15) is 0 Å². The van der Waals surface area contributed by atoms with Crippen molar-refractivity contribution in [3.8, 4) is 11.1 Å². The Balaban J connectivity index is 1.57. The minimum atomic E-state index is -1.17. The number of piperidine rings is 1. The molecule has 0 aromatic heterocycles. The lowest BCUT2D eigenvalue weighted by atomic mass is 9.75. The number of hydrogen-bond donors (Lipinski definition) is 1. The second kappa shape index (κ2) is 9.48. The first-order chi connectivity index (χ1) is 15.9. The van der Waals surface area contributed by atoms with Crippen LogP contribution in [-0.2, 0) is 19.8 Å². The van der Waals surface area contributed by atoms with Crippen molar-refractivity contribution in [3.63, 3.8) is 0 Å². The number of imide groups is 1. The molecule has 3 amide bonds. The smallest absolute Gasteiger partial charge is 0.240 e. The average molecular weight is 449 g/mol. The van der Waals surface area contributed by atoms with Gasteiger partial charge in [0.25, 0.3) is 0 Å². The highest BCUT2D eigenvalue weighted by molar-refractivity contribution is 6.10. The normalized spacial score (nSPS) is 22.6. The number of benzene rings is 2. The van der Waals surface area contributed by atoms with Gasteiger partial charge in [0.15, 0.2) is 0 Å². The van der Waals surface area contributed by atoms with E-state index in [9.17, 15) is 19.5 Å². The van der Waals surface area contributed by atoms with Crippen LogP contribution in [0.1, 0.15) is 44.6 Å². The molecule has 6 heteroatoms. The van der Waals surface area contributed by atoms with Gasteiger partial charge >= 0.3 is 0 Å². The quantitative estimate of drug-likeness (QED) is 0.688. The molecule has 0 bridgehead atoms. The maximum atomic E-state index is 13.3. The lowest BCUT2D eigenvalue weighted by Crippen LogP contribution is -2.46. The SMILES string of the molecule is CC[C@H](O)C1CCN(C(=O)C[C@@]2(c3ccc(-c4ccccc4)cc3)CC(=O)N(C)C2=O)CC1. The molecule has 2 aromatic rings. The Hall–Kier alpha value is -2.99. The van der Waals surface area contributed by atoms with E-state index in [-0.39, 0.29) is 42.6 Å². The number of rotatable bonds is 6. The Bertz CT molecular complexity index is 1010. The lowest BCUT2D eigenvalue weighted by Gasteiger charge is -2.36. The van der Waals surface area contributed by atoms with Crippen LogP contribution < -0.4 is 0 Å². The summed E-state index contributed by atoms with van der Waals surface area (Å²) in [5.41, 5.74) is 1.62. The van der Waals surface area contributed by atoms with Gasteiger partial charge in [-0.05, 0) is 41.9 Å². The maximum absolute atomic E-state index is 13.3. The molecule has 0 saturated carbocycles. The van der Waals surface area contributed by atoms with Crippen LogP contribution in [0.25, 0.3) is 11.1 Å². The molecular weight excluding hydrogens is 416 g/mol. The molecule has 174 valence electrons. The zero-order chi connectivity index (χ0) is 23.6. The van der Waals surface area contributed by atoms with Gasteiger partial charge in [0.05, 0.1) is 11.5 Å². The minimum Gasteiger partial charge on any atom is -0.393 e. The number of nitrogens with zero attached hydrogens (tertiary/aromatic N) is 2. The van der Waals surface area contributed by atoms with Crippen LogP contribution in [0.2, 0.25) is 0 Å². The monoisotopic (exact) mass is 448 g/mol. The number of carbonyl (C=O) groups excluding carboxylic acids is 3. The summed E-state index contributed by atoms with van der Waals surface area (Å²) in [6, 6.07) is 17.6. The van der Waals surface area contributed by atoms with E-state index in [1.165, 1.54) is 7.05 Å². The summed E-state index contributed by atoms with van der Waals surface area (Å²) in [5, 5.41) is 10.1. The van der Waals surface area contributed by atoms with Crippen molar-refractivity contribution in [2.75, 3.05) is 20.1 Å². The Morgan fingerprint density at radius 3 is 2.18 bits per heavy atom. The van der Waals surface area contributed by atoms with Gasteiger partial charge in [-0.1, -0.05) is 61.5 Å². The molecule has 0 unspecified atom stereocenters. The predicted molar refractivity (Wildman–Crippen MR) is 126 cm³/mol. The highest BCUT2D eigenvalue weighted by Gasteiger charge is 2.53. The molecule has 2 saturated heterocycles. The summed E-state index contributed by atoms with van der Waals surface area (Å²) >= 11 is 0. The van der Waals surface area contributed by atoms with Gasteiger partial charge in [-0.15, -0.1) is 0 Å². The Labute approximate surface area is 195 Å². The topological polar surface area (TPSA) is 77.9 Å². The van der Waals surface area contributed by atoms with Gasteiger partial charge in [-0.2, -0.15) is 0 Å². The summed E-state index contributed by atoms with van der Waals surface area (Å²) in [6.45, 7) is 3.11. The summed E-state index contributed by atoms with van der Waals surface area (Å²) in [7, 11) is 1.49. The molecule has 2 aromatic carbocycles. The summed E-state index contributed by atoms with van der Waals surface area (Å²) in [5.74, 6) is -0.475. The molecule has 0 spiro atoms. The zero-order valence-electron chi connectivity index (χ0n) is 19.4. The number of carbonyl (C=O) groups is 3. The highest BCUT2D eigenvalue weighted by atomic mass is 16.3. The molecule has 2 heterocycles. The van der Waals surface area contributed by atoms with Crippen LogP contribution in [0.3, 0.4) is 0 Å². The first-order valence-corrected chi connectivity index (χ1v) is 11.8. The first-order valence-electron chi connectivity index (χ1n) is 11.8. The third-order valence-electron chi connectivity index (χ3n) is 7.39. The van der Waals surface area contributed by atoms with Crippen LogP contribution in [-0.4, -0.2) is 58.9 Å². The number of aliphatic hydroxyl groups excluding tert-OH is 1. The fourth-order valence-electron chi connectivity index (χ4n) is 5.20. The standard InChI is InChI=1S/C27H32N2O4/c1-3-23(30)21-13-15-29(16-14-21)25(32)18-27(17-24(31)28(2)26(27)33)22-11-9-20(10-12-22)19-7-5-4-6-8-19/h4-12,21,23,30H,3,13-18H2,1-2H3/t23-,27+/m0/s1. The molecule has 4 rings (SSSR count). The van der Waals surface area contributed by atoms with E-state index in [2.05, 4.69) is 0 Å². The van der Waals surface area contributed by atoms with Crippen molar-refractivity contribution in [2.24, 2.45) is 5.92 Å². The second-order valence-electron chi connectivity index (χ2n) is 9.33. The first kappa shape index (κ1) is 23.2. The largest absolute Gasteiger partial charge is 0.393 e. The van der Waals surface area contributed by atoms with Crippen LogP contribution in [0.5, 0.6) is 0 Å². The second-order valence-corrected chi connectivity index (χ2v) is 9.33. The molecule has 2 aliphatic heterocycles. The van der Waals surface area contributed by atoms with E-state index < -0.39 is 5.41 Å². The summed E-state index contributed by atoms with van der Waals surface area (Å²) in [6.07, 6.45) is 1.87. The molecule has 0 radical (unpaired) electrons. The van der Waals surface area contributed by atoms with Crippen LogP contribution in [0.4, 0.5) is 0 Å². The highest BCUT2D eigenvalue weighted by Crippen LogP contribution is 2.41. The van der Waals surface area contributed by atoms with Gasteiger partial charge < -0.3 is 10.0 Å². The van der Waals surface area contributed by atoms with Gasteiger partial charge in [-0.25, -0.2) is 0 Å². The molecule has 0 aliphatic carbocycles. The number of amides is 3. The maximum Gasteiger partial charge on any atom is 0.240 e. The number of likely N-dealkylation sites (tertiary alicyclic amines) is 2. The molecule has 6 nitrogen and oxygen atoms in total. The van der Waals surface area contributed by atoms with Crippen molar-refractivity contribution in [2.45, 2.75) is 50.5 Å². The van der Waals surface area contributed by atoms with Crippen molar-refractivity contribution < 1.29 is 19.5 Å². The molecule has 2 atom stereocenters. The van der Waals surface area contributed by atoms with Crippen molar-refractivity contribution in [1.82, 2.24) is 9.80 Å². The number of hydrogen-bond acceptors (Lipinski definition) is 4. The van der Waals surface area contributed by atoms with Crippen LogP contribution in [0.15, 0.2) is 54.6 Å². The summed E-state index contributed by atoms with van der Waals surface area (Å²) in [4.78, 5) is 42.1. The number of likely N-dealkylation sites (N-methyl/N-ethyl adjacent to an activating group) is 1. The molecular formula is C27H32N2O4. The lowest BCUT2D eigenvalue weighted by molar-refractivity contribution is -0.142. The van der Waals surface area contributed by atoms with E-state index >= 15 is 0 Å². The van der Waals surface area contributed by atoms with Gasteiger partial charge in [0.2, 0.25) is 17.7 Å². The van der Waals surface area contributed by atoms with Gasteiger partial charge in [-0.3, -0.25) is 19.3 Å². The van der Waals surface area contributed by atoms with Crippen molar-refractivity contribution >= 4 is 17.7 Å². The van der Waals surface area contributed by atoms with Crippen molar-refractivity contribution in [3.05, 3.63) is 60.2 Å². The van der Waals surface area contributed by atoms with Crippen molar-refractivity contribution in [1.29, 1.82) is 0 Å². The average Bonchev–Trinajstić information content (AvgIpc) is 3.08. The van der Waals surface area contributed by atoms with E-state index in [4.69, 9.17) is 0 Å². The van der Waals surface area contributed by atoms with Gasteiger partial charge in [0, 0.05) is 33.0 Å². The third-order valence-corrected chi connectivity index (χ3v) is 7.39. The van der Waals surface area contributed by atoms with E-state index in [0.29, 0.717) is 25.1 Å². The van der Waals surface area contributed by atoms with Crippen LogP contribution >= 0.6 is 0 Å². The third kappa shape index (κ3) is 4.44. The zero-order valence-corrected chi connectivity index (χ0v) is 19.4. The number of aliphatic hydroxyl groups is 1. The van der Waals surface area contributed by atoms with E-state index in [0.717, 1.165) is 28.9 Å². The van der Waals surface area contributed by atoms with E-state index in [1.807, 2.05) is 61.5 Å². The molecule has 33 heavy (non-hydrogen) atoms. The molecule has 1 N–H and O–H groups in total. The Morgan fingerprint density at radius 2 is 1.64 bits per heavy atom. The summed E-state index contributed by atoms with van der Waals surface area (Å²) < 4.78 is 0. The minimum absolute atomic E-state index is 0.00374. The molecule has 2 aliphatic rings. The molecule has 2 fully saturated rings. The predicted octanol–water partition coefficient (Wildman–Crippen LogP) is 3.38. The fourth-order valence-corrected chi connectivity index (χ4v) is 5.20. The Morgan fingerprint density at radius 1 is 1.03 bits per heavy atom. The van der Waals surface area contributed by atoms with Crippen LogP contribution in [0, 0.1) is 5.92 Å².